The zero-order valence-electron chi connectivity index (χ0n) is 35.4. The van der Waals surface area contributed by atoms with Gasteiger partial charge in [0.15, 0.2) is 0 Å². The third-order valence-electron chi connectivity index (χ3n) is 9.56. The van der Waals surface area contributed by atoms with Crippen LogP contribution in [-0.2, 0) is 17.1 Å². The second kappa shape index (κ2) is 29.3. The summed E-state index contributed by atoms with van der Waals surface area (Å²) in [7, 11) is -1.63. The molecule has 0 aliphatic carbocycles. The van der Waals surface area contributed by atoms with Gasteiger partial charge >= 0.3 is 17.1 Å². The molecule has 0 aromatic heterocycles. The largest absolute Gasteiger partial charge is 1.00 e. The SMILES string of the molecule is CO.O=[N+]([O-])[O-].[Cu+].c1ccc([PH+](c2ccccc2)c2ccccc2)cc1.c1ccc([PH+](c2ccccc2)c2ccccc2)cc1.c1ccc([PH+](c2ccccc2)c2ccccc2)cc1. The summed E-state index contributed by atoms with van der Waals surface area (Å²) in [4.78, 5) is 8.25. The molecule has 0 aliphatic heterocycles. The van der Waals surface area contributed by atoms with Gasteiger partial charge < -0.3 is 20.4 Å². The molecule has 0 spiro atoms. The Hall–Kier alpha value is -6.05. The number of aliphatic hydroxyl groups is 1. The van der Waals surface area contributed by atoms with Gasteiger partial charge in [0.25, 0.3) is 0 Å². The quantitative estimate of drug-likeness (QED) is 0.0679. The first-order valence-corrected chi connectivity index (χ1v) is 24.9. The van der Waals surface area contributed by atoms with Gasteiger partial charge in [0.05, 0.1) is 28.9 Å². The second-order valence-corrected chi connectivity index (χ2v) is 21.1. The fourth-order valence-electron chi connectivity index (χ4n) is 6.94. The van der Waals surface area contributed by atoms with Crippen molar-refractivity contribution in [3.05, 3.63) is 288 Å². The molecule has 0 saturated heterocycles. The van der Waals surface area contributed by atoms with Crippen molar-refractivity contribution >= 4 is 71.5 Å². The zero-order valence-corrected chi connectivity index (χ0v) is 39.3. The Kier molecular flexibility index (Phi) is 23.2. The van der Waals surface area contributed by atoms with Crippen molar-refractivity contribution in [2.75, 3.05) is 7.11 Å². The molecular formula is C55H52CuNO4P3+3. The number of benzene rings is 9. The zero-order chi connectivity index (χ0) is 44.3. The van der Waals surface area contributed by atoms with E-state index in [2.05, 4.69) is 273 Å². The molecule has 0 bridgehead atoms. The first kappa shape index (κ1) is 50.6. The van der Waals surface area contributed by atoms with Gasteiger partial charge in [-0.3, -0.25) is 0 Å². The standard InChI is InChI=1S/3C18H15P.CH4O.Cu.NO3/c3*1-4-10-16(11-5-1)19(17-12-6-2-7-13-17)18-14-8-3-9-15-18;1-2;;2-1(3)4/h3*1-15H;2H,1H3;;/q;;;;+1;-1/p+3. The van der Waals surface area contributed by atoms with E-state index < -0.39 is 28.9 Å². The van der Waals surface area contributed by atoms with E-state index in [1.807, 2.05) is 0 Å². The van der Waals surface area contributed by atoms with Crippen LogP contribution < -0.4 is 47.7 Å². The van der Waals surface area contributed by atoms with Crippen LogP contribution in [0.4, 0.5) is 0 Å². The molecule has 0 fully saturated rings. The molecule has 0 saturated carbocycles. The Morgan fingerprint density at radius 3 is 0.422 bits per heavy atom. The topological polar surface area (TPSA) is 86.4 Å². The molecule has 0 amide bonds. The third kappa shape index (κ3) is 16.3. The molecule has 324 valence electrons. The van der Waals surface area contributed by atoms with E-state index >= 15 is 0 Å². The molecule has 64 heavy (non-hydrogen) atoms. The summed E-state index contributed by atoms with van der Waals surface area (Å²) in [5.41, 5.74) is 0. The molecule has 9 aromatic carbocycles. The van der Waals surface area contributed by atoms with E-state index in [-0.39, 0.29) is 17.1 Å². The molecule has 9 rings (SSSR count). The average Bonchev–Trinajstić information content (AvgIpc) is 3.36. The predicted molar refractivity (Wildman–Crippen MR) is 278 cm³/mol. The maximum absolute atomic E-state index is 8.25. The summed E-state index contributed by atoms with van der Waals surface area (Å²) < 4.78 is 0. The number of nitrogens with zero attached hydrogens (tertiary/aromatic N) is 1. The van der Waals surface area contributed by atoms with E-state index in [9.17, 15) is 0 Å². The van der Waals surface area contributed by atoms with Gasteiger partial charge in [-0.25, -0.2) is 0 Å². The first-order chi connectivity index (χ1) is 31.1. The molecule has 0 radical (unpaired) electrons. The summed E-state index contributed by atoms with van der Waals surface area (Å²) in [6.07, 6.45) is 0. The van der Waals surface area contributed by atoms with Gasteiger partial charge in [-0.15, -0.1) is 0 Å². The Bertz CT molecular complexity index is 1990. The molecule has 9 heteroatoms. The van der Waals surface area contributed by atoms with Gasteiger partial charge in [-0.2, -0.15) is 0 Å². The van der Waals surface area contributed by atoms with Crippen LogP contribution in [0.15, 0.2) is 273 Å². The number of rotatable bonds is 9. The van der Waals surface area contributed by atoms with Crippen LogP contribution >= 0.6 is 23.8 Å². The van der Waals surface area contributed by atoms with Crippen molar-refractivity contribution in [3.63, 3.8) is 0 Å². The van der Waals surface area contributed by atoms with Crippen molar-refractivity contribution in [2.45, 2.75) is 0 Å². The van der Waals surface area contributed by atoms with Crippen LogP contribution in [0.25, 0.3) is 0 Å². The summed E-state index contributed by atoms with van der Waals surface area (Å²) in [5.74, 6) is 0. The fourth-order valence-corrected chi connectivity index (χ4v) is 14.7. The predicted octanol–water partition coefficient (Wildman–Crippen LogP) is 8.90. The van der Waals surface area contributed by atoms with Crippen LogP contribution in [0.5, 0.6) is 0 Å². The van der Waals surface area contributed by atoms with E-state index in [0.29, 0.717) is 0 Å². The van der Waals surface area contributed by atoms with Gasteiger partial charge in [0, 0.05) is 7.11 Å². The van der Waals surface area contributed by atoms with Crippen LogP contribution in [0.1, 0.15) is 0 Å². The fraction of sp³-hybridized carbons (Fsp3) is 0.0182. The number of hydrogen-bond acceptors (Lipinski definition) is 4. The smallest absolute Gasteiger partial charge is 0.400 e. The summed E-state index contributed by atoms with van der Waals surface area (Å²) >= 11 is 0. The summed E-state index contributed by atoms with van der Waals surface area (Å²) in [6, 6.07) is 97.5. The number of aliphatic hydroxyl groups excluding tert-OH is 1. The molecule has 9 aromatic rings. The van der Waals surface area contributed by atoms with Crippen molar-refractivity contribution in [1.82, 2.24) is 0 Å². The van der Waals surface area contributed by atoms with Crippen molar-refractivity contribution < 1.29 is 27.3 Å². The van der Waals surface area contributed by atoms with Crippen molar-refractivity contribution in [1.29, 1.82) is 0 Å². The molecule has 0 unspecified atom stereocenters. The Labute approximate surface area is 392 Å². The Morgan fingerprint density at radius 2 is 0.344 bits per heavy atom. The Morgan fingerprint density at radius 1 is 0.266 bits per heavy atom. The first-order valence-electron chi connectivity index (χ1n) is 20.4. The van der Waals surface area contributed by atoms with E-state index in [1.54, 1.807) is 0 Å². The van der Waals surface area contributed by atoms with Gasteiger partial charge in [0.1, 0.15) is 47.7 Å². The molecule has 0 aliphatic rings. The van der Waals surface area contributed by atoms with Gasteiger partial charge in [0.2, 0.25) is 0 Å². The maximum Gasteiger partial charge on any atom is 1.00 e. The molecule has 1 N–H and O–H groups in total. The van der Waals surface area contributed by atoms with E-state index in [1.165, 1.54) is 47.7 Å². The van der Waals surface area contributed by atoms with Crippen molar-refractivity contribution in [2.24, 2.45) is 0 Å². The average molecular weight is 947 g/mol. The molecular weight excluding hydrogens is 895 g/mol. The van der Waals surface area contributed by atoms with E-state index in [4.69, 9.17) is 20.4 Å². The minimum atomic E-state index is -1.75. The minimum absolute atomic E-state index is 0. The van der Waals surface area contributed by atoms with E-state index in [0.717, 1.165) is 7.11 Å². The normalized spacial score (nSPS) is 9.89. The Balaban J connectivity index is 0.000000196. The number of hydrogen-bond donors (Lipinski definition) is 1. The monoisotopic (exact) mass is 946 g/mol. The van der Waals surface area contributed by atoms with Crippen LogP contribution in [0.3, 0.4) is 0 Å². The van der Waals surface area contributed by atoms with Crippen LogP contribution in [0, 0.1) is 15.3 Å². The maximum atomic E-state index is 8.25. The molecule has 0 heterocycles. The van der Waals surface area contributed by atoms with Crippen LogP contribution in [-0.4, -0.2) is 17.3 Å². The molecule has 0 atom stereocenters. The third-order valence-corrected chi connectivity index (χ3v) is 17.8. The summed E-state index contributed by atoms with van der Waals surface area (Å²) in [5, 5.41) is 34.7. The second-order valence-electron chi connectivity index (χ2n) is 13.6. The van der Waals surface area contributed by atoms with Crippen LogP contribution in [0.2, 0.25) is 0 Å². The minimum Gasteiger partial charge on any atom is -0.400 e. The molecule has 5 nitrogen and oxygen atoms in total. The van der Waals surface area contributed by atoms with Gasteiger partial charge in [-0.1, -0.05) is 164 Å². The summed E-state index contributed by atoms with van der Waals surface area (Å²) in [6.45, 7) is 0. The van der Waals surface area contributed by atoms with Crippen molar-refractivity contribution in [3.8, 4) is 0 Å². The van der Waals surface area contributed by atoms with Gasteiger partial charge in [-0.05, 0) is 109 Å².